The second kappa shape index (κ2) is 6.17. The third kappa shape index (κ3) is 3.25. The Kier molecular flexibility index (Phi) is 4.54. The smallest absolute Gasteiger partial charge is 0.282 e. The zero-order chi connectivity index (χ0) is 14.7. The van der Waals surface area contributed by atoms with E-state index in [1.807, 2.05) is 0 Å². The Bertz CT molecular complexity index is 538. The quantitative estimate of drug-likeness (QED) is 0.530. The highest BCUT2D eigenvalue weighted by atomic mass is 35.5. The normalized spacial score (nSPS) is 22.3. The van der Waals surface area contributed by atoms with E-state index in [4.69, 9.17) is 11.6 Å². The molecular weight excluding hydrogens is 287 g/mol. The van der Waals surface area contributed by atoms with Crippen LogP contribution in [0.5, 0.6) is 0 Å². The van der Waals surface area contributed by atoms with Gasteiger partial charge in [-0.2, -0.15) is 0 Å². The lowest BCUT2D eigenvalue weighted by atomic mass is 9.94. The van der Waals surface area contributed by atoms with Gasteiger partial charge in [-0.25, -0.2) is 4.39 Å². The van der Waals surface area contributed by atoms with Gasteiger partial charge in [-0.1, -0.05) is 12.8 Å². The zero-order valence-corrected chi connectivity index (χ0v) is 11.4. The summed E-state index contributed by atoms with van der Waals surface area (Å²) >= 11 is 6.13. The van der Waals surface area contributed by atoms with E-state index < -0.39 is 22.3 Å². The minimum Gasteiger partial charge on any atom is -0.348 e. The van der Waals surface area contributed by atoms with Crippen molar-refractivity contribution in [3.63, 3.8) is 0 Å². The van der Waals surface area contributed by atoms with Crippen LogP contribution in [0.15, 0.2) is 18.2 Å². The third-order valence-electron chi connectivity index (χ3n) is 3.40. The lowest BCUT2D eigenvalue weighted by Gasteiger charge is -2.27. The Morgan fingerprint density at radius 2 is 2.10 bits per heavy atom. The van der Waals surface area contributed by atoms with Crippen molar-refractivity contribution in [1.82, 2.24) is 5.32 Å². The van der Waals surface area contributed by atoms with Gasteiger partial charge in [0.05, 0.1) is 10.3 Å². The number of hydrogen-bond donors (Lipinski definition) is 1. The first kappa shape index (κ1) is 14.7. The van der Waals surface area contributed by atoms with Gasteiger partial charge in [-0.3, -0.25) is 14.9 Å². The summed E-state index contributed by atoms with van der Waals surface area (Å²) in [7, 11) is 0. The second-order valence-corrected chi connectivity index (χ2v) is 5.36. The summed E-state index contributed by atoms with van der Waals surface area (Å²) in [6.45, 7) is 0. The highest BCUT2D eigenvalue weighted by Crippen LogP contribution is 2.25. The first-order chi connectivity index (χ1) is 9.49. The summed E-state index contributed by atoms with van der Waals surface area (Å²) in [6, 6.07) is 2.59. The Hall–Kier alpha value is -1.69. The largest absolute Gasteiger partial charge is 0.348 e. The number of benzene rings is 1. The molecule has 0 aromatic heterocycles. The van der Waals surface area contributed by atoms with E-state index in [1.54, 1.807) is 0 Å². The maximum absolute atomic E-state index is 13.2. The lowest BCUT2D eigenvalue weighted by Crippen LogP contribution is -2.43. The van der Waals surface area contributed by atoms with Gasteiger partial charge in [0.1, 0.15) is 11.4 Å². The van der Waals surface area contributed by atoms with Crippen molar-refractivity contribution in [2.75, 3.05) is 0 Å². The minimum atomic E-state index is -0.701. The van der Waals surface area contributed by atoms with Crippen LogP contribution < -0.4 is 5.32 Å². The molecule has 20 heavy (non-hydrogen) atoms. The molecule has 7 heteroatoms. The van der Waals surface area contributed by atoms with E-state index in [1.165, 1.54) is 0 Å². The second-order valence-electron chi connectivity index (χ2n) is 4.80. The van der Waals surface area contributed by atoms with Crippen molar-refractivity contribution in [2.24, 2.45) is 0 Å². The summed E-state index contributed by atoms with van der Waals surface area (Å²) in [6.07, 6.45) is 3.46. The molecule has 0 bridgehead atoms. The summed E-state index contributed by atoms with van der Waals surface area (Å²) in [5.41, 5.74) is -0.685. The molecule has 0 aliphatic heterocycles. The van der Waals surface area contributed by atoms with E-state index in [0.717, 1.165) is 43.9 Å². The highest BCUT2D eigenvalue weighted by Gasteiger charge is 2.28. The fourth-order valence-electron chi connectivity index (χ4n) is 2.34. The lowest BCUT2D eigenvalue weighted by molar-refractivity contribution is -0.385. The number of nitrogens with one attached hydrogen (secondary N) is 1. The maximum atomic E-state index is 13.2. The molecule has 1 fully saturated rings. The van der Waals surface area contributed by atoms with E-state index in [-0.39, 0.29) is 17.0 Å². The predicted octanol–water partition coefficient (Wildman–Crippen LogP) is 3.01. The predicted molar refractivity (Wildman–Crippen MR) is 72.4 cm³/mol. The monoisotopic (exact) mass is 300 g/mol. The van der Waals surface area contributed by atoms with Crippen LogP contribution in [-0.4, -0.2) is 22.2 Å². The molecule has 1 aliphatic rings. The van der Waals surface area contributed by atoms with Crippen molar-refractivity contribution >= 4 is 23.2 Å². The summed E-state index contributed by atoms with van der Waals surface area (Å²) < 4.78 is 13.2. The minimum absolute atomic E-state index is 0.194. The van der Waals surface area contributed by atoms with Gasteiger partial charge >= 0.3 is 0 Å². The van der Waals surface area contributed by atoms with E-state index >= 15 is 0 Å². The molecule has 2 rings (SSSR count). The van der Waals surface area contributed by atoms with Gasteiger partial charge in [0.25, 0.3) is 11.6 Å². The third-order valence-corrected chi connectivity index (χ3v) is 3.92. The Labute approximate surface area is 120 Å². The first-order valence-corrected chi connectivity index (χ1v) is 6.81. The number of halogens is 2. The molecule has 2 atom stereocenters. The van der Waals surface area contributed by atoms with Crippen LogP contribution in [0, 0.1) is 15.9 Å². The Balaban J connectivity index is 2.20. The number of carbonyl (C=O) groups is 1. The average molecular weight is 301 g/mol. The zero-order valence-electron chi connectivity index (χ0n) is 10.6. The number of rotatable bonds is 3. The molecule has 108 valence electrons. The van der Waals surface area contributed by atoms with E-state index in [9.17, 15) is 19.3 Å². The molecule has 1 aromatic rings. The number of nitrogens with zero attached hydrogens (tertiary/aromatic N) is 1. The van der Waals surface area contributed by atoms with Gasteiger partial charge < -0.3 is 5.32 Å². The summed E-state index contributed by atoms with van der Waals surface area (Å²) in [5, 5.41) is 13.3. The standard InChI is InChI=1S/C13H14ClFN2O3/c14-10-3-1-2-4-11(10)16-13(18)9-7-8(15)5-6-12(9)17(19)20/h5-7,10-11H,1-4H2,(H,16,18). The van der Waals surface area contributed by atoms with Crippen molar-refractivity contribution < 1.29 is 14.1 Å². The van der Waals surface area contributed by atoms with Crippen molar-refractivity contribution in [1.29, 1.82) is 0 Å². The van der Waals surface area contributed by atoms with Crippen molar-refractivity contribution in [2.45, 2.75) is 37.1 Å². The molecule has 2 unspecified atom stereocenters. The topological polar surface area (TPSA) is 72.2 Å². The molecule has 1 aromatic carbocycles. The molecule has 0 saturated heterocycles. The molecule has 5 nitrogen and oxygen atoms in total. The Morgan fingerprint density at radius 1 is 1.40 bits per heavy atom. The van der Waals surface area contributed by atoms with E-state index in [0.29, 0.717) is 0 Å². The number of amides is 1. The molecule has 1 amide bonds. The van der Waals surface area contributed by atoms with Crippen molar-refractivity contribution in [3.05, 3.63) is 39.7 Å². The molecule has 0 spiro atoms. The fraction of sp³-hybridized carbons (Fsp3) is 0.462. The van der Waals surface area contributed by atoms with Crippen molar-refractivity contribution in [3.8, 4) is 0 Å². The molecule has 0 radical (unpaired) electrons. The van der Waals surface area contributed by atoms with Crippen LogP contribution in [0.4, 0.5) is 10.1 Å². The van der Waals surface area contributed by atoms with E-state index in [2.05, 4.69) is 5.32 Å². The number of nitro groups is 1. The Morgan fingerprint density at radius 3 is 2.75 bits per heavy atom. The van der Waals surface area contributed by atoms with Gasteiger partial charge in [-0.05, 0) is 25.0 Å². The number of alkyl halides is 1. The summed E-state index contributed by atoms with van der Waals surface area (Å²) in [5.74, 6) is -1.35. The van der Waals surface area contributed by atoms with Gasteiger partial charge in [0, 0.05) is 12.1 Å². The van der Waals surface area contributed by atoms with Gasteiger partial charge in [-0.15, -0.1) is 11.6 Å². The number of nitro benzene ring substituents is 1. The van der Waals surface area contributed by atoms with Crippen LogP contribution in [0.3, 0.4) is 0 Å². The van der Waals surface area contributed by atoms with Crippen LogP contribution in [0.1, 0.15) is 36.0 Å². The molecule has 0 heterocycles. The average Bonchev–Trinajstić information content (AvgIpc) is 2.40. The highest BCUT2D eigenvalue weighted by molar-refractivity contribution is 6.21. The summed E-state index contributed by atoms with van der Waals surface area (Å²) in [4.78, 5) is 22.3. The van der Waals surface area contributed by atoms with Gasteiger partial charge in [0.2, 0.25) is 0 Å². The number of hydrogen-bond acceptors (Lipinski definition) is 3. The fourth-order valence-corrected chi connectivity index (χ4v) is 2.69. The van der Waals surface area contributed by atoms with Crippen LogP contribution in [0.25, 0.3) is 0 Å². The van der Waals surface area contributed by atoms with Crippen LogP contribution in [0.2, 0.25) is 0 Å². The van der Waals surface area contributed by atoms with Crippen LogP contribution >= 0.6 is 11.6 Å². The molecule has 1 aliphatic carbocycles. The maximum Gasteiger partial charge on any atom is 0.282 e. The van der Waals surface area contributed by atoms with Crippen LogP contribution in [-0.2, 0) is 0 Å². The number of carbonyl (C=O) groups excluding carboxylic acids is 1. The molecular formula is C13H14ClFN2O3. The molecule has 1 N–H and O–H groups in total. The first-order valence-electron chi connectivity index (χ1n) is 6.38. The van der Waals surface area contributed by atoms with Gasteiger partial charge in [0.15, 0.2) is 0 Å². The SMILES string of the molecule is O=C(NC1CCCCC1Cl)c1cc(F)ccc1[N+](=O)[O-]. The molecule has 1 saturated carbocycles.